The van der Waals surface area contributed by atoms with Gasteiger partial charge in [-0.2, -0.15) is 10.4 Å². The van der Waals surface area contributed by atoms with Crippen LogP contribution in [-0.2, 0) is 18.3 Å². The summed E-state index contributed by atoms with van der Waals surface area (Å²) in [5.41, 5.74) is 1.77. The Kier molecular flexibility index (Phi) is 2.65. The van der Waals surface area contributed by atoms with Crippen LogP contribution in [-0.4, -0.2) is 22.2 Å². The molecule has 1 atom stereocenters. The van der Waals surface area contributed by atoms with E-state index in [9.17, 15) is 4.79 Å². The Bertz CT molecular complexity index is 457. The third-order valence-electron chi connectivity index (χ3n) is 2.82. The molecule has 1 aromatic rings. The number of anilines is 1. The first-order chi connectivity index (χ1) is 7.65. The van der Waals surface area contributed by atoms with Crippen LogP contribution in [0.2, 0.25) is 0 Å². The van der Waals surface area contributed by atoms with Gasteiger partial charge in [0.2, 0.25) is 5.91 Å². The topological polar surface area (TPSA) is 61.9 Å². The zero-order valence-corrected chi connectivity index (χ0v) is 9.47. The number of aromatic nitrogens is 2. The van der Waals surface area contributed by atoms with E-state index in [1.807, 2.05) is 20.2 Å². The van der Waals surface area contributed by atoms with Crippen molar-refractivity contribution in [2.45, 2.75) is 19.8 Å². The predicted molar refractivity (Wildman–Crippen MR) is 58.7 cm³/mol. The number of aryl methyl sites for hydroxylation is 2. The second kappa shape index (κ2) is 3.97. The summed E-state index contributed by atoms with van der Waals surface area (Å²) in [4.78, 5) is 13.4. The Balaban J connectivity index is 2.31. The lowest BCUT2D eigenvalue weighted by Gasteiger charge is -2.14. The van der Waals surface area contributed by atoms with E-state index in [2.05, 4.69) is 11.2 Å². The van der Waals surface area contributed by atoms with Gasteiger partial charge in [0.05, 0.1) is 23.4 Å². The monoisotopic (exact) mass is 218 g/mol. The molecule has 1 amide bonds. The van der Waals surface area contributed by atoms with Crippen molar-refractivity contribution in [1.82, 2.24) is 9.78 Å². The largest absolute Gasteiger partial charge is 0.308 e. The fourth-order valence-corrected chi connectivity index (χ4v) is 2.03. The number of nitriles is 1. The molecule has 16 heavy (non-hydrogen) atoms. The quantitative estimate of drug-likeness (QED) is 0.739. The van der Waals surface area contributed by atoms with E-state index in [0.29, 0.717) is 13.0 Å². The summed E-state index contributed by atoms with van der Waals surface area (Å²) in [7, 11) is 1.84. The molecule has 2 rings (SSSR count). The van der Waals surface area contributed by atoms with Gasteiger partial charge in [-0.3, -0.25) is 9.48 Å². The molecule has 2 heterocycles. The van der Waals surface area contributed by atoms with E-state index in [1.165, 1.54) is 0 Å². The van der Waals surface area contributed by atoms with Crippen molar-refractivity contribution in [3.63, 3.8) is 0 Å². The van der Waals surface area contributed by atoms with Crippen LogP contribution in [0.4, 0.5) is 5.69 Å². The predicted octanol–water partition coefficient (Wildman–Crippen LogP) is 0.859. The summed E-state index contributed by atoms with van der Waals surface area (Å²) in [6.07, 6.45) is 2.96. The van der Waals surface area contributed by atoms with Crippen LogP contribution in [0.15, 0.2) is 6.20 Å². The van der Waals surface area contributed by atoms with Gasteiger partial charge in [-0.05, 0) is 6.42 Å². The van der Waals surface area contributed by atoms with Crippen molar-refractivity contribution in [2.24, 2.45) is 13.0 Å². The molecule has 1 saturated heterocycles. The van der Waals surface area contributed by atoms with Crippen LogP contribution >= 0.6 is 0 Å². The Labute approximate surface area is 94.3 Å². The molecule has 0 aliphatic carbocycles. The maximum Gasteiger partial charge on any atom is 0.228 e. The van der Waals surface area contributed by atoms with Crippen molar-refractivity contribution >= 4 is 11.6 Å². The zero-order chi connectivity index (χ0) is 11.7. The highest BCUT2D eigenvalue weighted by molar-refractivity contribution is 5.96. The van der Waals surface area contributed by atoms with Crippen LogP contribution in [0, 0.1) is 17.2 Å². The van der Waals surface area contributed by atoms with Gasteiger partial charge in [0.15, 0.2) is 0 Å². The van der Waals surface area contributed by atoms with Crippen molar-refractivity contribution < 1.29 is 4.79 Å². The molecule has 0 bridgehead atoms. The molecular formula is C11H14N4O. The van der Waals surface area contributed by atoms with Crippen molar-refractivity contribution in [2.75, 3.05) is 11.4 Å². The number of rotatable bonds is 2. The number of carbonyl (C=O) groups excluding carboxylic acids is 1. The molecule has 84 valence electrons. The highest BCUT2D eigenvalue weighted by Crippen LogP contribution is 2.27. The molecule has 0 N–H and O–H groups in total. The van der Waals surface area contributed by atoms with Crippen molar-refractivity contribution in [1.29, 1.82) is 5.26 Å². The summed E-state index contributed by atoms with van der Waals surface area (Å²) in [5.74, 6) is -0.160. The Morgan fingerprint density at radius 1 is 1.69 bits per heavy atom. The van der Waals surface area contributed by atoms with E-state index >= 15 is 0 Å². The molecule has 1 aliphatic rings. The average molecular weight is 218 g/mol. The molecule has 1 fully saturated rings. The van der Waals surface area contributed by atoms with Crippen LogP contribution < -0.4 is 4.90 Å². The first-order valence-corrected chi connectivity index (χ1v) is 5.38. The van der Waals surface area contributed by atoms with Crippen molar-refractivity contribution in [3.05, 3.63) is 11.9 Å². The summed E-state index contributed by atoms with van der Waals surface area (Å²) in [5, 5.41) is 13.1. The Morgan fingerprint density at radius 3 is 3.00 bits per heavy atom. The second-order valence-electron chi connectivity index (χ2n) is 4.02. The van der Waals surface area contributed by atoms with Gasteiger partial charge in [-0.1, -0.05) is 6.92 Å². The van der Waals surface area contributed by atoms with Gasteiger partial charge >= 0.3 is 0 Å². The Morgan fingerprint density at radius 2 is 2.44 bits per heavy atom. The molecule has 0 spiro atoms. The molecule has 1 unspecified atom stereocenters. The van der Waals surface area contributed by atoms with E-state index in [0.717, 1.165) is 17.8 Å². The summed E-state index contributed by atoms with van der Waals surface area (Å²) in [6, 6.07) is 2.15. The number of amides is 1. The van der Waals surface area contributed by atoms with Gasteiger partial charge in [0, 0.05) is 26.2 Å². The lowest BCUT2D eigenvalue weighted by atomic mass is 10.1. The van der Waals surface area contributed by atoms with Crippen LogP contribution in [0.1, 0.15) is 19.0 Å². The van der Waals surface area contributed by atoms with Gasteiger partial charge < -0.3 is 4.90 Å². The third kappa shape index (κ3) is 1.67. The maximum atomic E-state index is 11.8. The normalized spacial score (nSPS) is 20.2. The first kappa shape index (κ1) is 10.7. The highest BCUT2D eigenvalue weighted by atomic mass is 16.2. The Hall–Kier alpha value is -1.83. The molecule has 5 heteroatoms. The molecule has 5 nitrogen and oxygen atoms in total. The summed E-state index contributed by atoms with van der Waals surface area (Å²) >= 11 is 0. The zero-order valence-electron chi connectivity index (χ0n) is 9.47. The molecule has 0 radical (unpaired) electrons. The van der Waals surface area contributed by atoms with E-state index in [-0.39, 0.29) is 11.8 Å². The maximum absolute atomic E-state index is 11.8. The highest BCUT2D eigenvalue weighted by Gasteiger charge is 2.32. The van der Waals surface area contributed by atoms with Crippen LogP contribution in [0.3, 0.4) is 0 Å². The summed E-state index contributed by atoms with van der Waals surface area (Å²) in [6.45, 7) is 2.50. The minimum Gasteiger partial charge on any atom is -0.308 e. The number of hydrogen-bond donors (Lipinski definition) is 0. The minimum absolute atomic E-state index is 0.0225. The average Bonchev–Trinajstić information content (AvgIpc) is 2.81. The standard InChI is InChI=1S/C11H14N4O/c1-3-9-10(7-14(2)13-9)15-6-8(5-12)4-11(15)16/h7-8H,3-4,6H2,1-2H3. The number of hydrogen-bond acceptors (Lipinski definition) is 3. The molecule has 1 aromatic heterocycles. The van der Waals surface area contributed by atoms with Crippen LogP contribution in [0.25, 0.3) is 0 Å². The lowest BCUT2D eigenvalue weighted by Crippen LogP contribution is -2.25. The number of nitrogens with zero attached hydrogens (tertiary/aromatic N) is 4. The van der Waals surface area contributed by atoms with Gasteiger partial charge in [0.1, 0.15) is 0 Å². The smallest absolute Gasteiger partial charge is 0.228 e. The van der Waals surface area contributed by atoms with Crippen molar-refractivity contribution in [3.8, 4) is 6.07 Å². The first-order valence-electron chi connectivity index (χ1n) is 5.38. The van der Waals surface area contributed by atoms with Gasteiger partial charge in [0.25, 0.3) is 0 Å². The van der Waals surface area contributed by atoms with E-state index in [1.54, 1.807) is 9.58 Å². The molecule has 0 aromatic carbocycles. The molecule has 1 aliphatic heterocycles. The minimum atomic E-state index is -0.183. The van der Waals surface area contributed by atoms with Crippen LogP contribution in [0.5, 0.6) is 0 Å². The summed E-state index contributed by atoms with van der Waals surface area (Å²) < 4.78 is 1.71. The fourth-order valence-electron chi connectivity index (χ4n) is 2.03. The second-order valence-corrected chi connectivity index (χ2v) is 4.02. The van der Waals surface area contributed by atoms with E-state index in [4.69, 9.17) is 5.26 Å². The number of carbonyl (C=O) groups is 1. The van der Waals surface area contributed by atoms with Gasteiger partial charge in [-0.25, -0.2) is 0 Å². The third-order valence-corrected chi connectivity index (χ3v) is 2.82. The van der Waals surface area contributed by atoms with Gasteiger partial charge in [-0.15, -0.1) is 0 Å². The van der Waals surface area contributed by atoms with E-state index < -0.39 is 0 Å². The molecular weight excluding hydrogens is 204 g/mol. The molecule has 0 saturated carbocycles. The lowest BCUT2D eigenvalue weighted by molar-refractivity contribution is -0.117. The SMILES string of the molecule is CCc1nn(C)cc1N1CC(C#N)CC1=O. The fraction of sp³-hybridized carbons (Fsp3) is 0.545.